The molecule has 1 aromatic heterocycles. The smallest absolute Gasteiger partial charge is 0.326 e. The molecule has 1 saturated carbocycles. The van der Waals surface area contributed by atoms with Gasteiger partial charge in [-0.05, 0) is 35.9 Å². The number of halogens is 2. The van der Waals surface area contributed by atoms with E-state index in [9.17, 15) is 17.2 Å². The quantitative estimate of drug-likeness (QED) is 0.526. The molecule has 12 heteroatoms. The average Bonchev–Trinajstić information content (AvgIpc) is 3.38. The van der Waals surface area contributed by atoms with E-state index in [1.807, 2.05) is 0 Å². The molecule has 9 nitrogen and oxygen atoms in total. The van der Waals surface area contributed by atoms with E-state index in [-0.39, 0.29) is 24.9 Å². The predicted octanol–water partition coefficient (Wildman–Crippen LogP) is 3.68. The number of anilines is 3. The monoisotopic (exact) mass is 489 g/mol. The lowest BCUT2D eigenvalue weighted by molar-refractivity contribution is 0.101. The number of rotatable bonds is 6. The van der Waals surface area contributed by atoms with Crippen LogP contribution >= 0.6 is 0 Å². The number of ether oxygens (including phenoxy) is 2. The minimum Gasteiger partial charge on any atom is -0.467 e. The summed E-state index contributed by atoms with van der Waals surface area (Å²) in [5.74, 6) is -3.08. The Balaban J connectivity index is 1.47. The molecule has 3 aromatic rings. The average molecular weight is 490 g/mol. The van der Waals surface area contributed by atoms with Crippen molar-refractivity contribution in [2.24, 2.45) is 5.92 Å². The van der Waals surface area contributed by atoms with Crippen LogP contribution < -0.4 is 23.8 Å². The fraction of sp³-hybridized carbons (Fsp3) is 0.273. The third-order valence-corrected chi connectivity index (χ3v) is 7.69. The van der Waals surface area contributed by atoms with Crippen LogP contribution in [0.4, 0.5) is 25.8 Å². The van der Waals surface area contributed by atoms with Gasteiger partial charge in [0.25, 0.3) is 5.92 Å². The highest BCUT2D eigenvalue weighted by molar-refractivity contribution is 7.94. The van der Waals surface area contributed by atoms with Crippen LogP contribution in [0.3, 0.4) is 0 Å². The highest BCUT2D eigenvalue weighted by Crippen LogP contribution is 2.52. The molecule has 0 saturated heterocycles. The molecule has 0 bridgehead atoms. The Labute approximate surface area is 194 Å². The van der Waals surface area contributed by atoms with Crippen LogP contribution in [0.5, 0.6) is 17.6 Å². The summed E-state index contributed by atoms with van der Waals surface area (Å²) in [6, 6.07) is 11.8. The molecule has 1 atom stereocenters. The minimum atomic E-state index is -3.94. The molecule has 0 amide bonds. The van der Waals surface area contributed by atoms with Crippen LogP contribution in [0.1, 0.15) is 6.42 Å². The van der Waals surface area contributed by atoms with Crippen LogP contribution in [-0.4, -0.2) is 45.0 Å². The maximum atomic E-state index is 13.5. The molecule has 1 aliphatic heterocycles. The van der Waals surface area contributed by atoms with Gasteiger partial charge in [-0.25, -0.2) is 13.8 Å². The van der Waals surface area contributed by atoms with Gasteiger partial charge in [0.05, 0.1) is 18.5 Å². The normalized spacial score (nSPS) is 19.6. The Morgan fingerprint density at radius 3 is 2.65 bits per heavy atom. The molecule has 2 N–H and O–H groups in total. The molecule has 2 aliphatic rings. The van der Waals surface area contributed by atoms with Crippen molar-refractivity contribution < 1.29 is 26.7 Å². The summed E-state index contributed by atoms with van der Waals surface area (Å²) < 4.78 is 65.6. The Morgan fingerprint density at radius 2 is 1.94 bits per heavy atom. The van der Waals surface area contributed by atoms with Crippen molar-refractivity contribution in [2.75, 3.05) is 35.0 Å². The van der Waals surface area contributed by atoms with Crippen LogP contribution in [-0.2, 0) is 10.2 Å². The molecular weight excluding hydrogens is 468 g/mol. The number of methoxy groups -OCH3 is 1. The van der Waals surface area contributed by atoms with Gasteiger partial charge in [-0.3, -0.25) is 8.61 Å². The first kappa shape index (κ1) is 22.1. The van der Waals surface area contributed by atoms with Gasteiger partial charge in [0.2, 0.25) is 5.88 Å². The molecule has 34 heavy (non-hydrogen) atoms. The highest BCUT2D eigenvalue weighted by Gasteiger charge is 2.59. The fourth-order valence-corrected chi connectivity index (χ4v) is 5.32. The van der Waals surface area contributed by atoms with Crippen molar-refractivity contribution in [1.29, 1.82) is 0 Å². The Bertz CT molecular complexity index is 1390. The van der Waals surface area contributed by atoms with Crippen molar-refractivity contribution in [1.82, 2.24) is 9.97 Å². The second kappa shape index (κ2) is 7.69. The van der Waals surface area contributed by atoms with E-state index in [2.05, 4.69) is 9.97 Å². The van der Waals surface area contributed by atoms with Gasteiger partial charge in [-0.2, -0.15) is 13.4 Å². The molecule has 1 fully saturated rings. The predicted molar refractivity (Wildman–Crippen MR) is 123 cm³/mol. The summed E-state index contributed by atoms with van der Waals surface area (Å²) in [5.41, 5.74) is 8.64. The van der Waals surface area contributed by atoms with Crippen molar-refractivity contribution in [3.05, 3.63) is 48.7 Å². The van der Waals surface area contributed by atoms with E-state index in [1.54, 1.807) is 42.5 Å². The first-order valence-corrected chi connectivity index (χ1v) is 11.7. The molecule has 1 unspecified atom stereocenters. The molecule has 2 heterocycles. The standard InChI is InChI=1S/C22H21F2N5O4S/c1-28-19-9-13(3-6-18(19)29(34(28,30)31)12-14-11-22(14,23)24)16-10-15(4-5-17(16)25)33-20-7-8-26-21(27-20)32-2/h3-10,14H,11-12,25H2,1-2H3. The van der Waals surface area contributed by atoms with E-state index in [4.69, 9.17) is 15.2 Å². The summed E-state index contributed by atoms with van der Waals surface area (Å²) in [5, 5.41) is 0. The molecule has 5 rings (SSSR count). The minimum absolute atomic E-state index is 0.157. The van der Waals surface area contributed by atoms with Gasteiger partial charge < -0.3 is 15.2 Å². The van der Waals surface area contributed by atoms with Gasteiger partial charge in [0, 0.05) is 49.4 Å². The topological polar surface area (TPSA) is 111 Å². The van der Waals surface area contributed by atoms with E-state index < -0.39 is 22.0 Å². The number of nitrogens with two attached hydrogens (primary N) is 1. The zero-order valence-corrected chi connectivity index (χ0v) is 19.1. The highest BCUT2D eigenvalue weighted by atomic mass is 32.2. The van der Waals surface area contributed by atoms with Gasteiger partial charge in [-0.1, -0.05) is 6.07 Å². The number of benzene rings is 2. The number of aromatic nitrogens is 2. The number of alkyl halides is 2. The van der Waals surface area contributed by atoms with Crippen LogP contribution in [0.15, 0.2) is 48.7 Å². The van der Waals surface area contributed by atoms with E-state index >= 15 is 0 Å². The van der Waals surface area contributed by atoms with Gasteiger partial charge >= 0.3 is 16.2 Å². The summed E-state index contributed by atoms with van der Waals surface area (Å²) in [6.45, 7) is -0.264. The van der Waals surface area contributed by atoms with E-state index in [1.165, 1.54) is 20.4 Å². The second-order valence-corrected chi connectivity index (χ2v) is 9.99. The molecule has 1 aliphatic carbocycles. The van der Waals surface area contributed by atoms with Crippen LogP contribution in [0.2, 0.25) is 0 Å². The molecule has 2 aromatic carbocycles. The summed E-state index contributed by atoms with van der Waals surface area (Å²) >= 11 is 0. The first-order valence-electron chi connectivity index (χ1n) is 10.3. The third kappa shape index (κ3) is 3.73. The van der Waals surface area contributed by atoms with E-state index in [0.717, 1.165) is 8.61 Å². The third-order valence-electron chi connectivity index (χ3n) is 5.90. The van der Waals surface area contributed by atoms with Crippen LogP contribution in [0, 0.1) is 5.92 Å². The zero-order valence-electron chi connectivity index (χ0n) is 18.3. The molecular formula is C22H21F2N5O4S. The summed E-state index contributed by atoms with van der Waals surface area (Å²) in [6.07, 6.45) is 1.19. The van der Waals surface area contributed by atoms with Crippen molar-refractivity contribution >= 4 is 27.3 Å². The lowest BCUT2D eigenvalue weighted by Gasteiger charge is -2.18. The van der Waals surface area contributed by atoms with Crippen molar-refractivity contribution in [3.8, 4) is 28.8 Å². The number of fused-ring (bicyclic) bond motifs is 1. The summed E-state index contributed by atoms with van der Waals surface area (Å²) in [4.78, 5) is 8.05. The van der Waals surface area contributed by atoms with Gasteiger partial charge in [0.15, 0.2) is 0 Å². The number of hydrogen-bond acceptors (Lipinski definition) is 7. The lowest BCUT2D eigenvalue weighted by Crippen LogP contribution is -2.37. The number of nitrogen functional groups attached to an aromatic ring is 1. The maximum Gasteiger partial charge on any atom is 0.326 e. The van der Waals surface area contributed by atoms with E-state index in [0.29, 0.717) is 33.9 Å². The number of nitrogens with zero attached hydrogens (tertiary/aromatic N) is 4. The zero-order chi connectivity index (χ0) is 24.3. The summed E-state index contributed by atoms with van der Waals surface area (Å²) in [7, 11) is -1.10. The number of hydrogen-bond donors (Lipinski definition) is 1. The fourth-order valence-electron chi connectivity index (χ4n) is 3.86. The first-order chi connectivity index (χ1) is 16.1. The maximum absolute atomic E-state index is 13.5. The van der Waals surface area contributed by atoms with Crippen molar-refractivity contribution in [3.63, 3.8) is 0 Å². The van der Waals surface area contributed by atoms with Crippen LogP contribution in [0.25, 0.3) is 11.1 Å². The lowest BCUT2D eigenvalue weighted by atomic mass is 10.0. The van der Waals surface area contributed by atoms with Gasteiger partial charge in [0.1, 0.15) is 5.75 Å². The molecule has 0 radical (unpaired) electrons. The Morgan fingerprint density at radius 1 is 1.18 bits per heavy atom. The molecule has 178 valence electrons. The SMILES string of the molecule is COc1nccc(Oc2ccc(N)c(-c3ccc4c(c3)N(C)S(=O)(=O)N4CC3CC3(F)F)c2)n1. The Hall–Kier alpha value is -3.67. The largest absolute Gasteiger partial charge is 0.467 e. The molecule has 0 spiro atoms. The second-order valence-electron chi connectivity index (χ2n) is 8.10. The van der Waals surface area contributed by atoms with Crippen molar-refractivity contribution in [2.45, 2.75) is 12.3 Å². The Kier molecular flexibility index (Phi) is 5.01. The van der Waals surface area contributed by atoms with Gasteiger partial charge in [-0.15, -0.1) is 0 Å².